The topological polar surface area (TPSA) is 43.4 Å². The van der Waals surface area contributed by atoms with Crippen LogP contribution in [0.25, 0.3) is 5.76 Å². The molecule has 1 aliphatic heterocycles. The third-order valence-electron chi connectivity index (χ3n) is 6.28. The largest absolute Gasteiger partial charge is 0.425 e. The summed E-state index contributed by atoms with van der Waals surface area (Å²) < 4.78 is 19.9. The van der Waals surface area contributed by atoms with Crippen LogP contribution in [0.2, 0.25) is 0 Å². The molecule has 0 aliphatic carbocycles. The molecule has 0 fully saturated rings. The molecule has 4 aromatic carbocycles. The van der Waals surface area contributed by atoms with Crippen molar-refractivity contribution >= 4 is 17.5 Å². The first-order chi connectivity index (χ1) is 17.1. The molecule has 0 spiro atoms. The summed E-state index contributed by atoms with van der Waals surface area (Å²) in [4.78, 5) is 27.5. The third-order valence-corrected chi connectivity index (χ3v) is 6.28. The number of halogens is 1. The molecule has 0 aromatic heterocycles. The fraction of sp³-hybridized carbons (Fsp3) is 0.0968. The van der Waals surface area contributed by atoms with E-state index in [1.54, 1.807) is 24.3 Å². The zero-order valence-corrected chi connectivity index (χ0v) is 18.9. The average molecular weight is 463 g/mol. The lowest BCUT2D eigenvalue weighted by molar-refractivity contribution is -0.143. The zero-order chi connectivity index (χ0) is 24.2. The lowest BCUT2D eigenvalue weighted by Gasteiger charge is -2.34. The minimum absolute atomic E-state index is 0.199. The van der Waals surface area contributed by atoms with Crippen molar-refractivity contribution in [3.63, 3.8) is 0 Å². The smallest absolute Gasteiger partial charge is 0.315 e. The lowest BCUT2D eigenvalue weighted by Crippen LogP contribution is -2.35. The van der Waals surface area contributed by atoms with Crippen LogP contribution in [0.5, 0.6) is 0 Å². The second kappa shape index (κ2) is 9.90. The Bertz CT molecular complexity index is 1380. The lowest BCUT2D eigenvalue weighted by atomic mass is 9.73. The van der Waals surface area contributed by atoms with E-state index in [-0.39, 0.29) is 23.8 Å². The molecule has 1 aliphatic rings. The number of rotatable bonds is 6. The summed E-state index contributed by atoms with van der Waals surface area (Å²) in [5, 5.41) is 0. The van der Waals surface area contributed by atoms with Crippen LogP contribution in [-0.2, 0) is 16.0 Å². The molecular weight excluding hydrogens is 439 g/mol. The Labute approximate surface area is 203 Å². The number of allylic oxidation sites excluding steroid dienone is 1. The van der Waals surface area contributed by atoms with Crippen molar-refractivity contribution in [1.29, 1.82) is 0 Å². The highest BCUT2D eigenvalue weighted by atomic mass is 19.1. The highest BCUT2D eigenvalue weighted by Gasteiger charge is 2.43. The van der Waals surface area contributed by atoms with Crippen LogP contribution in [0.15, 0.2) is 121 Å². The van der Waals surface area contributed by atoms with Gasteiger partial charge in [-0.1, -0.05) is 103 Å². The Morgan fingerprint density at radius 2 is 1.40 bits per heavy atom. The zero-order valence-electron chi connectivity index (χ0n) is 18.9. The van der Waals surface area contributed by atoms with Gasteiger partial charge in [-0.05, 0) is 29.7 Å². The van der Waals surface area contributed by atoms with Gasteiger partial charge in [0, 0.05) is 17.0 Å². The van der Waals surface area contributed by atoms with Crippen LogP contribution in [0.3, 0.4) is 0 Å². The van der Waals surface area contributed by atoms with Gasteiger partial charge in [0.2, 0.25) is 0 Å². The van der Waals surface area contributed by atoms with Crippen molar-refractivity contribution in [2.45, 2.75) is 12.3 Å². The molecule has 35 heavy (non-hydrogen) atoms. The third kappa shape index (κ3) is 4.69. The Morgan fingerprint density at radius 3 is 2.06 bits per heavy atom. The SMILES string of the molecule is O=C(C1=C(c2ccccc2)OC(=O)[C@H](Cc2cccc(F)c2)[C@@H]1c1ccccc1)c1ccccc1. The van der Waals surface area contributed by atoms with Gasteiger partial charge < -0.3 is 4.74 Å². The van der Waals surface area contributed by atoms with Gasteiger partial charge in [-0.3, -0.25) is 9.59 Å². The van der Waals surface area contributed by atoms with Crippen molar-refractivity contribution in [3.05, 3.63) is 149 Å². The maximum atomic E-state index is 14.0. The summed E-state index contributed by atoms with van der Waals surface area (Å²) in [6.07, 6.45) is 0.240. The van der Waals surface area contributed by atoms with Gasteiger partial charge in [-0.15, -0.1) is 0 Å². The van der Waals surface area contributed by atoms with Gasteiger partial charge in [0.1, 0.15) is 11.6 Å². The standard InChI is InChI=1S/C31H23FO3/c32-25-18-10-11-21(19-25)20-26-27(22-12-4-1-5-13-22)28(29(33)23-14-6-2-7-15-23)30(35-31(26)34)24-16-8-3-9-17-24/h1-19,26-27H,20H2/t26-,27+/m1/s1. The van der Waals surface area contributed by atoms with Gasteiger partial charge >= 0.3 is 5.97 Å². The summed E-state index contributed by atoms with van der Waals surface area (Å²) in [6, 6.07) is 33.9. The molecule has 172 valence electrons. The monoisotopic (exact) mass is 462 g/mol. The van der Waals surface area contributed by atoms with Crippen LogP contribution in [0, 0.1) is 11.7 Å². The maximum absolute atomic E-state index is 14.0. The molecule has 2 atom stereocenters. The predicted octanol–water partition coefficient (Wildman–Crippen LogP) is 6.62. The van der Waals surface area contributed by atoms with Crippen LogP contribution in [-0.4, -0.2) is 11.8 Å². The summed E-state index contributed by atoms with van der Waals surface area (Å²) in [5.74, 6) is -2.00. The number of hydrogen-bond acceptors (Lipinski definition) is 3. The molecule has 0 unspecified atom stereocenters. The van der Waals surface area contributed by atoms with E-state index in [4.69, 9.17) is 4.74 Å². The molecule has 0 amide bonds. The number of esters is 1. The number of hydrogen-bond donors (Lipinski definition) is 0. The van der Waals surface area contributed by atoms with Gasteiger partial charge in [0.25, 0.3) is 0 Å². The van der Waals surface area contributed by atoms with E-state index < -0.39 is 17.8 Å². The minimum atomic E-state index is -0.700. The Hall–Kier alpha value is -4.31. The predicted molar refractivity (Wildman–Crippen MR) is 133 cm³/mol. The van der Waals surface area contributed by atoms with Crippen molar-refractivity contribution in [2.75, 3.05) is 0 Å². The maximum Gasteiger partial charge on any atom is 0.315 e. The van der Waals surface area contributed by atoms with Crippen LogP contribution in [0.1, 0.15) is 33.0 Å². The number of Topliss-reactive ketones (excluding diaryl/α,β-unsaturated/α-hetero) is 1. The van der Waals surface area contributed by atoms with E-state index >= 15 is 0 Å². The summed E-state index contributed by atoms with van der Waals surface area (Å²) >= 11 is 0. The highest BCUT2D eigenvalue weighted by molar-refractivity contribution is 6.15. The second-order valence-corrected chi connectivity index (χ2v) is 8.55. The van der Waals surface area contributed by atoms with E-state index in [1.807, 2.05) is 78.9 Å². The van der Waals surface area contributed by atoms with Gasteiger partial charge in [-0.2, -0.15) is 0 Å². The first kappa shape index (κ1) is 22.5. The Balaban J connectivity index is 1.72. The Morgan fingerprint density at radius 1 is 0.771 bits per heavy atom. The highest BCUT2D eigenvalue weighted by Crippen LogP contribution is 2.44. The molecule has 1 heterocycles. The van der Waals surface area contributed by atoms with Crippen LogP contribution in [0.4, 0.5) is 4.39 Å². The molecule has 4 aromatic rings. The fourth-order valence-electron chi connectivity index (χ4n) is 4.68. The van der Waals surface area contributed by atoms with E-state index in [9.17, 15) is 14.0 Å². The molecule has 0 saturated heterocycles. The van der Waals surface area contributed by atoms with E-state index in [0.29, 0.717) is 22.3 Å². The first-order valence-corrected chi connectivity index (χ1v) is 11.5. The van der Waals surface area contributed by atoms with E-state index in [0.717, 1.165) is 5.56 Å². The number of cyclic esters (lactones) is 1. The van der Waals surface area contributed by atoms with Crippen molar-refractivity contribution < 1.29 is 18.7 Å². The van der Waals surface area contributed by atoms with Gasteiger partial charge in [-0.25, -0.2) is 4.39 Å². The summed E-state index contributed by atoms with van der Waals surface area (Å²) in [6.45, 7) is 0. The molecule has 0 saturated carbocycles. The van der Waals surface area contributed by atoms with Crippen molar-refractivity contribution in [3.8, 4) is 0 Å². The van der Waals surface area contributed by atoms with Crippen molar-refractivity contribution in [1.82, 2.24) is 0 Å². The number of carbonyl (C=O) groups is 2. The average Bonchev–Trinajstić information content (AvgIpc) is 2.90. The van der Waals surface area contributed by atoms with Crippen LogP contribution < -0.4 is 0 Å². The summed E-state index contributed by atoms with van der Waals surface area (Å²) in [7, 11) is 0. The second-order valence-electron chi connectivity index (χ2n) is 8.55. The fourth-order valence-corrected chi connectivity index (χ4v) is 4.68. The molecular formula is C31H23FO3. The van der Waals surface area contributed by atoms with Crippen molar-refractivity contribution in [2.24, 2.45) is 5.92 Å². The summed E-state index contributed by atoms with van der Waals surface area (Å²) in [5.41, 5.74) is 3.10. The molecule has 5 rings (SSSR count). The van der Waals surface area contributed by atoms with Crippen LogP contribution >= 0.6 is 0 Å². The number of benzene rings is 4. The minimum Gasteiger partial charge on any atom is -0.425 e. The number of carbonyl (C=O) groups excluding carboxylic acids is 2. The molecule has 3 nitrogen and oxygen atoms in total. The normalized spacial score (nSPS) is 17.7. The molecule has 0 N–H and O–H groups in total. The number of ketones is 1. The Kier molecular flexibility index (Phi) is 6.36. The molecule has 4 heteroatoms. The molecule has 0 bridgehead atoms. The first-order valence-electron chi connectivity index (χ1n) is 11.5. The van der Waals surface area contributed by atoms with Gasteiger partial charge in [0.05, 0.1) is 11.5 Å². The quantitative estimate of drug-likeness (QED) is 0.239. The van der Waals surface area contributed by atoms with E-state index in [1.165, 1.54) is 12.1 Å². The van der Waals surface area contributed by atoms with E-state index in [2.05, 4.69) is 0 Å². The van der Waals surface area contributed by atoms with Gasteiger partial charge in [0.15, 0.2) is 5.78 Å². The number of ether oxygens (including phenoxy) is 1. The molecule has 0 radical (unpaired) electrons.